The van der Waals surface area contributed by atoms with Gasteiger partial charge in [-0.1, -0.05) is 13.8 Å². The first kappa shape index (κ1) is 20.5. The van der Waals surface area contributed by atoms with Crippen molar-refractivity contribution in [2.75, 3.05) is 71.4 Å². The zero-order valence-electron chi connectivity index (χ0n) is 16.9. The smallest absolute Gasteiger partial charge is 0.0426 e. The van der Waals surface area contributed by atoms with E-state index in [-0.39, 0.29) is 11.1 Å². The Morgan fingerprint density at radius 2 is 1.50 bits per heavy atom. The average Bonchev–Trinajstić information content (AvgIpc) is 2.50. The molecular weight excluding hydrogens is 316 g/mol. The molecular formula is C19H42N4S. The summed E-state index contributed by atoms with van der Waals surface area (Å²) < 4.78 is 2.61. The minimum Gasteiger partial charge on any atom is -0.309 e. The molecule has 1 N–H and O–H groups in total. The minimum atomic E-state index is 0.105. The summed E-state index contributed by atoms with van der Waals surface area (Å²) in [6.45, 7) is 18.3. The van der Waals surface area contributed by atoms with Gasteiger partial charge in [-0.25, -0.2) is 11.1 Å². The predicted molar refractivity (Wildman–Crippen MR) is 110 cm³/mol. The van der Waals surface area contributed by atoms with E-state index in [9.17, 15) is 0 Å². The van der Waals surface area contributed by atoms with E-state index in [0.717, 1.165) is 5.92 Å². The van der Waals surface area contributed by atoms with Gasteiger partial charge >= 0.3 is 0 Å². The van der Waals surface area contributed by atoms with E-state index in [1.807, 2.05) is 0 Å². The average molecular weight is 359 g/mol. The molecule has 144 valence electrons. The number of hydrogen-bond donors (Lipinski definition) is 2. The quantitative estimate of drug-likeness (QED) is 0.462. The fraction of sp³-hybridized carbons (Fsp3) is 1.00. The Labute approximate surface area is 153 Å². The largest absolute Gasteiger partial charge is 0.309 e. The second-order valence-electron chi connectivity index (χ2n) is 8.73. The van der Waals surface area contributed by atoms with Gasteiger partial charge in [0.05, 0.1) is 0 Å². The van der Waals surface area contributed by atoms with Gasteiger partial charge in [0.25, 0.3) is 0 Å². The Morgan fingerprint density at radius 3 is 2.00 bits per heavy atom. The molecule has 0 spiro atoms. The fourth-order valence-electron chi connectivity index (χ4n) is 3.81. The maximum absolute atomic E-state index is 3.80. The lowest BCUT2D eigenvalue weighted by Crippen LogP contribution is -2.66. The van der Waals surface area contributed by atoms with Crippen LogP contribution in [0.3, 0.4) is 0 Å². The van der Waals surface area contributed by atoms with Gasteiger partial charge in [0.1, 0.15) is 0 Å². The molecule has 0 unspecified atom stereocenters. The minimum absolute atomic E-state index is 0.105. The molecule has 2 saturated heterocycles. The number of hydrogen-bond acceptors (Lipinski definition) is 4. The lowest BCUT2D eigenvalue weighted by Gasteiger charge is -2.51. The molecule has 0 aliphatic carbocycles. The highest BCUT2D eigenvalue weighted by atomic mass is 32.2. The third kappa shape index (κ3) is 6.83. The Morgan fingerprint density at radius 1 is 0.958 bits per heavy atom. The Kier molecular flexibility index (Phi) is 8.34. The lowest BCUT2D eigenvalue weighted by atomic mass is 9.95. The van der Waals surface area contributed by atoms with Crippen molar-refractivity contribution in [1.82, 2.24) is 19.4 Å². The van der Waals surface area contributed by atoms with Crippen LogP contribution in [0.4, 0.5) is 0 Å². The van der Waals surface area contributed by atoms with Crippen molar-refractivity contribution < 1.29 is 0 Å². The molecule has 2 fully saturated rings. The van der Waals surface area contributed by atoms with Crippen molar-refractivity contribution in [3.8, 4) is 0 Å². The molecule has 0 aromatic carbocycles. The normalized spacial score (nSPS) is 23.5. The van der Waals surface area contributed by atoms with Gasteiger partial charge < -0.3 is 15.1 Å². The number of thiol groups is 1. The van der Waals surface area contributed by atoms with Crippen LogP contribution < -0.4 is 5.32 Å². The summed E-state index contributed by atoms with van der Waals surface area (Å²) in [6, 6.07) is 0. The first-order valence-electron chi connectivity index (χ1n) is 10.00. The molecule has 0 aromatic rings. The van der Waals surface area contributed by atoms with Crippen LogP contribution in [0.1, 0.15) is 40.0 Å². The second kappa shape index (κ2) is 9.77. The van der Waals surface area contributed by atoms with Crippen LogP contribution in [0.25, 0.3) is 0 Å². The lowest BCUT2D eigenvalue weighted by molar-refractivity contribution is 0.121. The summed E-state index contributed by atoms with van der Waals surface area (Å²) in [5.41, 5.74) is 0.377. The molecule has 2 aliphatic rings. The van der Waals surface area contributed by atoms with Gasteiger partial charge in [0.15, 0.2) is 0 Å². The maximum atomic E-state index is 3.80. The number of nitrogens with zero attached hydrogens (tertiary/aromatic N) is 3. The third-order valence-electron chi connectivity index (χ3n) is 5.55. The van der Waals surface area contributed by atoms with Gasteiger partial charge in [0, 0.05) is 44.8 Å². The van der Waals surface area contributed by atoms with E-state index in [1.54, 1.807) is 0 Å². The van der Waals surface area contributed by atoms with Crippen LogP contribution in [0.5, 0.6) is 0 Å². The molecule has 0 bridgehead atoms. The summed E-state index contributed by atoms with van der Waals surface area (Å²) in [5.74, 6) is 0.852. The van der Waals surface area contributed by atoms with Crippen molar-refractivity contribution in [2.45, 2.75) is 45.6 Å². The van der Waals surface area contributed by atoms with E-state index in [1.165, 1.54) is 78.2 Å². The van der Waals surface area contributed by atoms with Gasteiger partial charge in [-0.15, -0.1) is 0 Å². The molecule has 0 atom stereocenters. The third-order valence-corrected chi connectivity index (χ3v) is 6.97. The van der Waals surface area contributed by atoms with E-state index in [0.29, 0.717) is 5.54 Å². The van der Waals surface area contributed by atoms with Gasteiger partial charge in [0.2, 0.25) is 0 Å². The highest BCUT2D eigenvalue weighted by Crippen LogP contribution is 2.33. The van der Waals surface area contributed by atoms with Crippen LogP contribution in [0.2, 0.25) is 0 Å². The molecule has 2 heterocycles. The van der Waals surface area contributed by atoms with Crippen molar-refractivity contribution in [3.63, 3.8) is 0 Å². The molecule has 2 aliphatic heterocycles. The highest BCUT2D eigenvalue weighted by molar-refractivity contribution is 8.13. The number of nitrogens with one attached hydrogen (secondary N) is 1. The Balaban J connectivity index is 1.48. The number of piperazine rings is 1. The zero-order valence-corrected chi connectivity index (χ0v) is 17.7. The van der Waals surface area contributed by atoms with Gasteiger partial charge in [-0.2, -0.15) is 0 Å². The number of rotatable bonds is 10. The van der Waals surface area contributed by atoms with Gasteiger partial charge in [-0.05, 0) is 64.2 Å². The molecule has 24 heavy (non-hydrogen) atoms. The molecule has 4 nitrogen and oxygen atoms in total. The van der Waals surface area contributed by atoms with Crippen LogP contribution in [-0.4, -0.2) is 91.1 Å². The summed E-state index contributed by atoms with van der Waals surface area (Å²) in [4.78, 5) is 5.32. The van der Waals surface area contributed by atoms with Crippen LogP contribution in [0.15, 0.2) is 0 Å². The van der Waals surface area contributed by atoms with Crippen molar-refractivity contribution >= 4 is 11.1 Å². The summed E-state index contributed by atoms with van der Waals surface area (Å²) in [5, 5.41) is 3.80. The van der Waals surface area contributed by atoms with E-state index >= 15 is 0 Å². The molecule has 0 amide bonds. The summed E-state index contributed by atoms with van der Waals surface area (Å²) >= 11 is 0.105. The van der Waals surface area contributed by atoms with Crippen molar-refractivity contribution in [1.29, 1.82) is 0 Å². The topological polar surface area (TPSA) is 21.8 Å². The van der Waals surface area contributed by atoms with Crippen molar-refractivity contribution in [2.24, 2.45) is 5.92 Å². The summed E-state index contributed by atoms with van der Waals surface area (Å²) in [6.07, 6.45) is 8.75. The van der Waals surface area contributed by atoms with Crippen LogP contribution in [-0.2, 0) is 0 Å². The molecule has 0 radical (unpaired) electrons. The van der Waals surface area contributed by atoms with E-state index in [4.69, 9.17) is 0 Å². The van der Waals surface area contributed by atoms with E-state index < -0.39 is 0 Å². The first-order chi connectivity index (χ1) is 11.4. The van der Waals surface area contributed by atoms with Gasteiger partial charge in [-0.3, -0.25) is 4.31 Å². The summed E-state index contributed by atoms with van der Waals surface area (Å²) in [7, 11) is 0. The molecule has 5 heteroatoms. The second-order valence-corrected chi connectivity index (χ2v) is 11.0. The maximum Gasteiger partial charge on any atom is 0.0426 e. The Bertz CT molecular complexity index is 347. The van der Waals surface area contributed by atoms with Crippen LogP contribution in [0, 0.1) is 5.92 Å². The standard InChI is InChI=1S/C19H42N4S/c1-18(2)8-6-10-21-12-14-22(15-13-21)11-7-9-20-19(3)16-23(17-19)24(4)5/h18,20,24H,6-17H2,1-5H3. The zero-order chi connectivity index (χ0) is 17.6. The highest BCUT2D eigenvalue weighted by Gasteiger charge is 2.38. The Hall–Kier alpha value is 0.190. The van der Waals surface area contributed by atoms with Crippen molar-refractivity contribution in [3.05, 3.63) is 0 Å². The molecule has 2 rings (SSSR count). The monoisotopic (exact) mass is 358 g/mol. The molecule has 0 aromatic heterocycles. The fourth-order valence-corrected chi connectivity index (χ4v) is 5.00. The van der Waals surface area contributed by atoms with Crippen LogP contribution >= 0.6 is 11.1 Å². The van der Waals surface area contributed by atoms with E-state index in [2.05, 4.69) is 52.7 Å². The predicted octanol–water partition coefficient (Wildman–Crippen LogP) is 2.27. The SMILES string of the molecule is CC(C)CCCN1CCN(CCCNC2(C)CN([SH](C)C)C2)CC1. The molecule has 0 saturated carbocycles. The first-order valence-corrected chi connectivity index (χ1v) is 12.2.